The number of hydrogen-bond donors (Lipinski definition) is 3. The maximum absolute atomic E-state index is 11.9. The lowest BCUT2D eigenvalue weighted by Crippen LogP contribution is -2.38. The number of furan rings is 1. The molecule has 0 atom stereocenters. The minimum Gasteiger partial charge on any atom is -0.459 e. The van der Waals surface area contributed by atoms with Gasteiger partial charge >= 0.3 is 0 Å². The molecule has 0 spiro atoms. The maximum atomic E-state index is 11.9. The van der Waals surface area contributed by atoms with E-state index in [-0.39, 0.29) is 29.9 Å². The van der Waals surface area contributed by atoms with E-state index in [9.17, 15) is 4.79 Å². The molecule has 1 saturated carbocycles. The lowest BCUT2D eigenvalue weighted by molar-refractivity contribution is 0.0925. The molecule has 1 amide bonds. The Balaban J connectivity index is 0.00000364. The van der Waals surface area contributed by atoms with Crippen LogP contribution in [0.5, 0.6) is 0 Å². The van der Waals surface area contributed by atoms with Crippen molar-refractivity contribution in [3.63, 3.8) is 0 Å². The van der Waals surface area contributed by atoms with Gasteiger partial charge in [0.2, 0.25) is 0 Å². The molecule has 1 aliphatic carbocycles. The average molecular weight is 490 g/mol. The summed E-state index contributed by atoms with van der Waals surface area (Å²) < 4.78 is 5.19. The molecular formula is C20H35IN4O2. The highest BCUT2D eigenvalue weighted by atomic mass is 127. The zero-order chi connectivity index (χ0) is 18.6. The average Bonchev–Trinajstić information content (AvgIpc) is 3.29. The van der Waals surface area contributed by atoms with E-state index in [4.69, 9.17) is 4.42 Å². The Labute approximate surface area is 180 Å². The zero-order valence-corrected chi connectivity index (χ0v) is 19.0. The van der Waals surface area contributed by atoms with Gasteiger partial charge in [-0.2, -0.15) is 0 Å². The summed E-state index contributed by atoms with van der Waals surface area (Å²) >= 11 is 0. The summed E-state index contributed by atoms with van der Waals surface area (Å²) in [4.78, 5) is 16.5. The van der Waals surface area contributed by atoms with Gasteiger partial charge in [-0.25, -0.2) is 0 Å². The molecule has 154 valence electrons. The molecule has 7 heteroatoms. The predicted octanol–water partition coefficient (Wildman–Crippen LogP) is 3.85. The minimum atomic E-state index is -0.159. The van der Waals surface area contributed by atoms with E-state index >= 15 is 0 Å². The van der Waals surface area contributed by atoms with Crippen LogP contribution < -0.4 is 16.0 Å². The van der Waals surface area contributed by atoms with Crippen LogP contribution >= 0.6 is 24.0 Å². The van der Waals surface area contributed by atoms with E-state index < -0.39 is 0 Å². The van der Waals surface area contributed by atoms with Crippen molar-refractivity contribution >= 4 is 35.8 Å². The molecule has 1 heterocycles. The molecule has 1 aliphatic rings. The zero-order valence-electron chi connectivity index (χ0n) is 16.7. The second kappa shape index (κ2) is 13.8. The van der Waals surface area contributed by atoms with Gasteiger partial charge in [0.15, 0.2) is 11.7 Å². The van der Waals surface area contributed by atoms with Crippen LogP contribution in [0.1, 0.15) is 68.0 Å². The van der Waals surface area contributed by atoms with Crippen molar-refractivity contribution in [1.29, 1.82) is 0 Å². The molecule has 0 radical (unpaired) electrons. The van der Waals surface area contributed by atoms with Crippen molar-refractivity contribution in [2.45, 2.75) is 58.8 Å². The molecule has 0 saturated heterocycles. The summed E-state index contributed by atoms with van der Waals surface area (Å²) in [6.45, 7) is 7.02. The minimum absolute atomic E-state index is 0. The lowest BCUT2D eigenvalue weighted by Gasteiger charge is -2.13. The molecule has 6 nitrogen and oxygen atoms in total. The quantitative estimate of drug-likeness (QED) is 0.202. The van der Waals surface area contributed by atoms with Crippen LogP contribution in [-0.2, 0) is 0 Å². The fraction of sp³-hybridized carbons (Fsp3) is 0.700. The summed E-state index contributed by atoms with van der Waals surface area (Å²) in [5.74, 6) is 2.05. The molecule has 1 aromatic rings. The Morgan fingerprint density at radius 2 is 1.93 bits per heavy atom. The number of guanidine groups is 1. The topological polar surface area (TPSA) is 78.7 Å². The molecule has 0 aliphatic heterocycles. The van der Waals surface area contributed by atoms with Crippen LogP contribution in [0.4, 0.5) is 0 Å². The first-order valence-electron chi connectivity index (χ1n) is 10.0. The van der Waals surface area contributed by atoms with Crippen LogP contribution in [-0.4, -0.2) is 38.0 Å². The van der Waals surface area contributed by atoms with E-state index in [1.165, 1.54) is 44.8 Å². The van der Waals surface area contributed by atoms with Gasteiger partial charge in [0.25, 0.3) is 5.91 Å². The lowest BCUT2D eigenvalue weighted by atomic mass is 10.0. The number of aryl methyl sites for hydroxylation is 1. The Kier molecular flexibility index (Phi) is 12.2. The highest BCUT2D eigenvalue weighted by molar-refractivity contribution is 14.0. The number of hydrogen-bond acceptors (Lipinski definition) is 3. The van der Waals surface area contributed by atoms with Gasteiger partial charge in [0.05, 0.1) is 6.26 Å². The molecule has 27 heavy (non-hydrogen) atoms. The summed E-state index contributed by atoms with van der Waals surface area (Å²) in [7, 11) is 0. The van der Waals surface area contributed by atoms with E-state index in [0.29, 0.717) is 18.8 Å². The third-order valence-corrected chi connectivity index (χ3v) is 4.86. The van der Waals surface area contributed by atoms with E-state index in [1.54, 1.807) is 6.07 Å². The number of rotatable bonds is 10. The van der Waals surface area contributed by atoms with Crippen molar-refractivity contribution in [3.05, 3.63) is 23.7 Å². The highest BCUT2D eigenvalue weighted by Gasteiger charge is 2.14. The first kappa shape index (κ1) is 23.8. The number of halogens is 1. The fourth-order valence-electron chi connectivity index (χ4n) is 3.40. The molecule has 1 aromatic heterocycles. The smallest absolute Gasteiger partial charge is 0.287 e. The van der Waals surface area contributed by atoms with Crippen molar-refractivity contribution in [1.82, 2.24) is 16.0 Å². The van der Waals surface area contributed by atoms with E-state index in [1.807, 2.05) is 6.92 Å². The largest absolute Gasteiger partial charge is 0.459 e. The van der Waals surface area contributed by atoms with Gasteiger partial charge < -0.3 is 20.4 Å². The van der Waals surface area contributed by atoms with Gasteiger partial charge in [-0.15, -0.1) is 24.0 Å². The number of amides is 1. The second-order valence-corrected chi connectivity index (χ2v) is 7.02. The van der Waals surface area contributed by atoms with Crippen LogP contribution in [0.2, 0.25) is 0 Å². The van der Waals surface area contributed by atoms with Gasteiger partial charge in [0.1, 0.15) is 0 Å². The summed E-state index contributed by atoms with van der Waals surface area (Å²) in [6, 6.07) is 1.79. The van der Waals surface area contributed by atoms with Crippen molar-refractivity contribution in [3.8, 4) is 0 Å². The van der Waals surface area contributed by atoms with Crippen molar-refractivity contribution in [2.24, 2.45) is 10.9 Å². The molecule has 2 rings (SSSR count). The number of carbonyl (C=O) groups excluding carboxylic acids is 1. The van der Waals surface area contributed by atoms with E-state index in [2.05, 4.69) is 27.9 Å². The summed E-state index contributed by atoms with van der Waals surface area (Å²) in [5.41, 5.74) is 0.858. The standard InChI is InChI=1S/C20H34N4O2.HI/c1-3-21-20(23-12-6-10-17-8-4-5-9-17)24-14-7-13-22-19(25)18-16(2)11-15-26-18;/h11,15,17H,3-10,12-14H2,1-2H3,(H,22,25)(H2,21,23,24);1H. The van der Waals surface area contributed by atoms with Gasteiger partial charge in [-0.1, -0.05) is 25.7 Å². The first-order chi connectivity index (χ1) is 12.7. The van der Waals surface area contributed by atoms with Crippen LogP contribution in [0, 0.1) is 12.8 Å². The van der Waals surface area contributed by atoms with Gasteiger partial charge in [-0.05, 0) is 45.1 Å². The normalized spacial score (nSPS) is 14.7. The molecular weight excluding hydrogens is 455 g/mol. The fourth-order valence-corrected chi connectivity index (χ4v) is 3.40. The Hall–Kier alpha value is -1.25. The van der Waals surface area contributed by atoms with Crippen molar-refractivity contribution in [2.75, 3.05) is 26.2 Å². The first-order valence-corrected chi connectivity index (χ1v) is 10.0. The third kappa shape index (κ3) is 8.99. The molecule has 3 N–H and O–H groups in total. The molecule has 0 aromatic carbocycles. The molecule has 0 bridgehead atoms. The Morgan fingerprint density at radius 3 is 2.59 bits per heavy atom. The summed E-state index contributed by atoms with van der Waals surface area (Å²) in [6.07, 6.45) is 10.5. The SMILES string of the molecule is CCNC(=NCCCNC(=O)c1occc1C)NCCCC1CCCC1.I. The molecule has 1 fully saturated rings. The Bertz CT molecular complexity index is 568. The Morgan fingerprint density at radius 1 is 1.19 bits per heavy atom. The number of nitrogens with one attached hydrogen (secondary N) is 3. The monoisotopic (exact) mass is 490 g/mol. The van der Waals surface area contributed by atoms with Gasteiger partial charge in [0, 0.05) is 31.7 Å². The molecule has 0 unspecified atom stereocenters. The third-order valence-electron chi connectivity index (χ3n) is 4.86. The summed E-state index contributed by atoms with van der Waals surface area (Å²) in [5, 5.41) is 9.56. The van der Waals surface area contributed by atoms with Crippen LogP contribution in [0.3, 0.4) is 0 Å². The predicted molar refractivity (Wildman–Crippen MR) is 121 cm³/mol. The highest BCUT2D eigenvalue weighted by Crippen LogP contribution is 2.28. The van der Waals surface area contributed by atoms with Crippen LogP contribution in [0.15, 0.2) is 21.7 Å². The van der Waals surface area contributed by atoms with Crippen LogP contribution in [0.25, 0.3) is 0 Å². The number of aliphatic imine (C=N–C) groups is 1. The number of nitrogens with zero attached hydrogens (tertiary/aromatic N) is 1. The van der Waals surface area contributed by atoms with Gasteiger partial charge in [-0.3, -0.25) is 9.79 Å². The maximum Gasteiger partial charge on any atom is 0.287 e. The second-order valence-electron chi connectivity index (χ2n) is 7.02. The van der Waals surface area contributed by atoms with E-state index in [0.717, 1.165) is 37.0 Å². The van der Waals surface area contributed by atoms with Crippen molar-refractivity contribution < 1.29 is 9.21 Å². The number of carbonyl (C=O) groups is 1.